The first kappa shape index (κ1) is 16.9. The standard InChI is InChI=1S/C13H19BrN4O4/c1-7(2)22-6-8(19)5-18-9-10(15-12(18)14)16(3)13(21)17(4)11(9)20/h7-8,19H,5-6H2,1-4H3/t8-/m0/s1. The van der Waals surface area contributed by atoms with Crippen molar-refractivity contribution in [3.05, 3.63) is 25.6 Å². The fourth-order valence-electron chi connectivity index (χ4n) is 2.15. The van der Waals surface area contributed by atoms with E-state index in [1.165, 1.54) is 11.6 Å². The highest BCUT2D eigenvalue weighted by Gasteiger charge is 2.19. The number of aryl methyl sites for hydroxylation is 1. The molecule has 0 aliphatic rings. The Morgan fingerprint density at radius 1 is 1.27 bits per heavy atom. The van der Waals surface area contributed by atoms with Crippen molar-refractivity contribution < 1.29 is 9.84 Å². The Hall–Kier alpha value is -1.45. The number of hydrogen-bond donors (Lipinski definition) is 1. The van der Waals surface area contributed by atoms with E-state index in [4.69, 9.17) is 4.74 Å². The van der Waals surface area contributed by atoms with E-state index in [1.807, 2.05) is 13.8 Å². The highest BCUT2D eigenvalue weighted by Crippen LogP contribution is 2.16. The molecule has 0 aromatic carbocycles. The summed E-state index contributed by atoms with van der Waals surface area (Å²) in [6, 6.07) is 0. The Morgan fingerprint density at radius 2 is 1.91 bits per heavy atom. The van der Waals surface area contributed by atoms with Crippen molar-refractivity contribution in [1.29, 1.82) is 0 Å². The maximum atomic E-state index is 12.3. The summed E-state index contributed by atoms with van der Waals surface area (Å²) >= 11 is 3.27. The van der Waals surface area contributed by atoms with E-state index in [0.717, 1.165) is 4.57 Å². The van der Waals surface area contributed by atoms with Gasteiger partial charge in [0.1, 0.15) is 0 Å². The third kappa shape index (κ3) is 3.01. The second kappa shape index (κ2) is 6.35. The Kier molecular flexibility index (Phi) is 4.88. The second-order valence-corrected chi connectivity index (χ2v) is 6.11. The van der Waals surface area contributed by atoms with Crippen molar-refractivity contribution in [3.63, 3.8) is 0 Å². The van der Waals surface area contributed by atoms with Gasteiger partial charge in [-0.15, -0.1) is 0 Å². The monoisotopic (exact) mass is 374 g/mol. The summed E-state index contributed by atoms with van der Waals surface area (Å²) < 4.78 is 9.61. The van der Waals surface area contributed by atoms with E-state index < -0.39 is 17.4 Å². The Morgan fingerprint density at radius 3 is 2.50 bits per heavy atom. The summed E-state index contributed by atoms with van der Waals surface area (Å²) in [5, 5.41) is 10.1. The minimum atomic E-state index is -0.793. The van der Waals surface area contributed by atoms with Gasteiger partial charge in [0, 0.05) is 14.1 Å². The number of rotatable bonds is 5. The summed E-state index contributed by atoms with van der Waals surface area (Å²) in [6.07, 6.45) is -0.788. The average Bonchev–Trinajstić information content (AvgIpc) is 2.78. The molecule has 0 radical (unpaired) electrons. The van der Waals surface area contributed by atoms with Crippen LogP contribution < -0.4 is 11.2 Å². The number of aromatic nitrogens is 4. The van der Waals surface area contributed by atoms with E-state index >= 15 is 0 Å². The first-order chi connectivity index (χ1) is 10.2. The number of aliphatic hydroxyl groups is 1. The van der Waals surface area contributed by atoms with E-state index in [1.54, 1.807) is 11.6 Å². The zero-order chi connectivity index (χ0) is 16.6. The van der Waals surface area contributed by atoms with E-state index in [0.29, 0.717) is 4.73 Å². The van der Waals surface area contributed by atoms with Gasteiger partial charge in [0.25, 0.3) is 5.56 Å². The Balaban J connectivity index is 2.49. The first-order valence-electron chi connectivity index (χ1n) is 6.85. The lowest BCUT2D eigenvalue weighted by Crippen LogP contribution is -2.38. The SMILES string of the molecule is CC(C)OC[C@@H](O)Cn1c(Br)nc2c1c(=O)n(C)c(=O)n2C. The third-order valence-corrected chi connectivity index (χ3v) is 3.92. The van der Waals surface area contributed by atoms with Crippen molar-refractivity contribution in [2.24, 2.45) is 14.1 Å². The van der Waals surface area contributed by atoms with Gasteiger partial charge in [-0.1, -0.05) is 0 Å². The van der Waals surface area contributed by atoms with Crippen LogP contribution >= 0.6 is 15.9 Å². The molecule has 8 nitrogen and oxygen atoms in total. The van der Waals surface area contributed by atoms with Crippen LogP contribution in [0.4, 0.5) is 0 Å². The molecule has 2 aromatic rings. The molecule has 0 bridgehead atoms. The zero-order valence-electron chi connectivity index (χ0n) is 12.9. The summed E-state index contributed by atoms with van der Waals surface area (Å²) in [5.74, 6) is 0. The molecule has 1 atom stereocenters. The van der Waals surface area contributed by atoms with Crippen molar-refractivity contribution in [1.82, 2.24) is 18.7 Å². The van der Waals surface area contributed by atoms with Gasteiger partial charge in [0.2, 0.25) is 0 Å². The number of imidazole rings is 1. The fraction of sp³-hybridized carbons (Fsp3) is 0.615. The molecule has 1 N–H and O–H groups in total. The number of ether oxygens (including phenoxy) is 1. The molecular weight excluding hydrogens is 356 g/mol. The van der Waals surface area contributed by atoms with Crippen LogP contribution in [0.5, 0.6) is 0 Å². The maximum absolute atomic E-state index is 12.3. The van der Waals surface area contributed by atoms with E-state index in [9.17, 15) is 14.7 Å². The van der Waals surface area contributed by atoms with Crippen LogP contribution in [-0.4, -0.2) is 42.6 Å². The van der Waals surface area contributed by atoms with Crippen LogP contribution in [0.25, 0.3) is 11.2 Å². The molecule has 9 heteroatoms. The van der Waals surface area contributed by atoms with E-state index in [-0.39, 0.29) is 30.4 Å². The van der Waals surface area contributed by atoms with Gasteiger partial charge in [0.15, 0.2) is 15.9 Å². The smallest absolute Gasteiger partial charge is 0.332 e. The molecule has 0 aliphatic carbocycles. The molecule has 0 saturated heterocycles. The van der Waals surface area contributed by atoms with Crippen molar-refractivity contribution in [2.45, 2.75) is 32.6 Å². The van der Waals surface area contributed by atoms with Gasteiger partial charge in [0.05, 0.1) is 25.4 Å². The lowest BCUT2D eigenvalue weighted by Gasteiger charge is -2.15. The lowest BCUT2D eigenvalue weighted by atomic mass is 10.3. The zero-order valence-corrected chi connectivity index (χ0v) is 14.5. The van der Waals surface area contributed by atoms with Crippen LogP contribution in [0.15, 0.2) is 14.3 Å². The molecule has 0 amide bonds. The van der Waals surface area contributed by atoms with Gasteiger partial charge in [-0.2, -0.15) is 0 Å². The van der Waals surface area contributed by atoms with Gasteiger partial charge in [-0.25, -0.2) is 9.78 Å². The highest BCUT2D eigenvalue weighted by molar-refractivity contribution is 9.10. The first-order valence-corrected chi connectivity index (χ1v) is 7.64. The van der Waals surface area contributed by atoms with Gasteiger partial charge in [-0.3, -0.25) is 13.9 Å². The predicted octanol–water partition coefficient (Wildman–Crippen LogP) is -0.0179. The highest BCUT2D eigenvalue weighted by atomic mass is 79.9. The number of nitrogens with zero attached hydrogens (tertiary/aromatic N) is 4. The van der Waals surface area contributed by atoms with Crippen LogP contribution in [-0.2, 0) is 25.4 Å². The molecule has 0 unspecified atom stereocenters. The van der Waals surface area contributed by atoms with Crippen LogP contribution in [0, 0.1) is 0 Å². The quantitative estimate of drug-likeness (QED) is 0.742. The fourth-order valence-corrected chi connectivity index (χ4v) is 2.64. The number of halogens is 1. The summed E-state index contributed by atoms with van der Waals surface area (Å²) in [7, 11) is 2.96. The second-order valence-electron chi connectivity index (χ2n) is 5.41. The summed E-state index contributed by atoms with van der Waals surface area (Å²) in [5.41, 5.74) is -0.358. The topological polar surface area (TPSA) is 91.3 Å². The molecule has 0 saturated carbocycles. The molecule has 2 aromatic heterocycles. The van der Waals surface area contributed by atoms with Crippen molar-refractivity contribution in [3.8, 4) is 0 Å². The van der Waals surface area contributed by atoms with Crippen LogP contribution in [0.3, 0.4) is 0 Å². The predicted molar refractivity (Wildman–Crippen MR) is 85.0 cm³/mol. The van der Waals surface area contributed by atoms with E-state index in [2.05, 4.69) is 20.9 Å². The normalized spacial score (nSPS) is 13.2. The lowest BCUT2D eigenvalue weighted by molar-refractivity contribution is -0.000535. The molecule has 122 valence electrons. The molecule has 2 rings (SSSR count). The van der Waals surface area contributed by atoms with Crippen molar-refractivity contribution >= 4 is 27.1 Å². The van der Waals surface area contributed by atoms with Crippen LogP contribution in [0.2, 0.25) is 0 Å². The summed E-state index contributed by atoms with van der Waals surface area (Å²) in [4.78, 5) is 28.5. The van der Waals surface area contributed by atoms with Crippen molar-refractivity contribution in [2.75, 3.05) is 6.61 Å². The molecule has 0 fully saturated rings. The molecular formula is C13H19BrN4O4. The molecule has 2 heterocycles. The summed E-state index contributed by atoms with van der Waals surface area (Å²) in [6.45, 7) is 4.04. The molecule has 0 aliphatic heterocycles. The molecule has 0 spiro atoms. The van der Waals surface area contributed by atoms with Gasteiger partial charge >= 0.3 is 5.69 Å². The third-order valence-electron chi connectivity index (χ3n) is 3.32. The van der Waals surface area contributed by atoms with Gasteiger partial charge in [-0.05, 0) is 29.8 Å². The Bertz CT molecular complexity index is 805. The maximum Gasteiger partial charge on any atom is 0.332 e. The Labute approximate surface area is 135 Å². The minimum absolute atomic E-state index is 0.00585. The minimum Gasteiger partial charge on any atom is -0.389 e. The van der Waals surface area contributed by atoms with Crippen LogP contribution in [0.1, 0.15) is 13.8 Å². The van der Waals surface area contributed by atoms with Gasteiger partial charge < -0.3 is 14.4 Å². The molecule has 22 heavy (non-hydrogen) atoms. The average molecular weight is 375 g/mol. The largest absolute Gasteiger partial charge is 0.389 e. The number of aliphatic hydroxyl groups excluding tert-OH is 1. The number of fused-ring (bicyclic) bond motifs is 1. The number of hydrogen-bond acceptors (Lipinski definition) is 5.